The molecule has 4 bridgehead atoms. The highest BCUT2D eigenvalue weighted by molar-refractivity contribution is 5.80. The SMILES string of the molecule is O=C1CCC2COc3ccn4ncc(c4n3)-c3cc(F)cc(c3)NCCN12. The maximum absolute atomic E-state index is 14.2. The van der Waals surface area contributed by atoms with Gasteiger partial charge in [0.25, 0.3) is 0 Å². The van der Waals surface area contributed by atoms with Crippen molar-refractivity contribution in [1.82, 2.24) is 19.5 Å². The first-order chi connectivity index (χ1) is 13.2. The Morgan fingerprint density at radius 3 is 3.15 bits per heavy atom. The summed E-state index contributed by atoms with van der Waals surface area (Å²) >= 11 is 0. The highest BCUT2D eigenvalue weighted by atomic mass is 19.1. The van der Waals surface area contributed by atoms with Gasteiger partial charge in [-0.2, -0.15) is 10.1 Å². The molecule has 1 saturated heterocycles. The summed E-state index contributed by atoms with van der Waals surface area (Å²) in [7, 11) is 0. The van der Waals surface area contributed by atoms with Crippen molar-refractivity contribution in [2.75, 3.05) is 25.0 Å². The van der Waals surface area contributed by atoms with E-state index in [9.17, 15) is 9.18 Å². The Labute approximate surface area is 154 Å². The number of fused-ring (bicyclic) bond motifs is 5. The van der Waals surface area contributed by atoms with E-state index in [2.05, 4.69) is 15.4 Å². The molecular weight excluding hydrogens is 349 g/mol. The number of benzene rings is 1. The van der Waals surface area contributed by atoms with Crippen molar-refractivity contribution >= 4 is 17.2 Å². The third kappa shape index (κ3) is 2.87. The zero-order chi connectivity index (χ0) is 18.4. The quantitative estimate of drug-likeness (QED) is 0.660. The second-order valence-corrected chi connectivity index (χ2v) is 6.84. The molecule has 0 radical (unpaired) electrons. The zero-order valence-corrected chi connectivity index (χ0v) is 14.6. The van der Waals surface area contributed by atoms with Gasteiger partial charge in [-0.05, 0) is 30.2 Å². The zero-order valence-electron chi connectivity index (χ0n) is 14.6. The second-order valence-electron chi connectivity index (χ2n) is 6.84. The minimum atomic E-state index is -0.344. The van der Waals surface area contributed by atoms with Gasteiger partial charge in [-0.1, -0.05) is 0 Å². The molecule has 1 aromatic carbocycles. The Morgan fingerprint density at radius 2 is 2.22 bits per heavy atom. The predicted octanol–water partition coefficient (Wildman–Crippen LogP) is 2.33. The maximum Gasteiger partial charge on any atom is 0.223 e. The van der Waals surface area contributed by atoms with Crippen molar-refractivity contribution in [2.45, 2.75) is 18.9 Å². The van der Waals surface area contributed by atoms with Gasteiger partial charge < -0.3 is 15.0 Å². The van der Waals surface area contributed by atoms with Crippen molar-refractivity contribution < 1.29 is 13.9 Å². The van der Waals surface area contributed by atoms with Crippen LogP contribution in [0.1, 0.15) is 12.8 Å². The lowest BCUT2D eigenvalue weighted by Crippen LogP contribution is -2.40. The summed E-state index contributed by atoms with van der Waals surface area (Å²) in [5, 5.41) is 7.52. The van der Waals surface area contributed by atoms with Crippen LogP contribution in [0.4, 0.5) is 10.1 Å². The van der Waals surface area contributed by atoms with Crippen molar-refractivity contribution in [3.8, 4) is 17.0 Å². The highest BCUT2D eigenvalue weighted by Crippen LogP contribution is 2.29. The van der Waals surface area contributed by atoms with Crippen LogP contribution in [0.2, 0.25) is 0 Å². The summed E-state index contributed by atoms with van der Waals surface area (Å²) in [6, 6.07) is 6.54. The predicted molar refractivity (Wildman–Crippen MR) is 97.1 cm³/mol. The average molecular weight is 367 g/mol. The minimum Gasteiger partial charge on any atom is -0.475 e. The number of nitrogens with zero attached hydrogens (tertiary/aromatic N) is 4. The van der Waals surface area contributed by atoms with Crippen LogP contribution < -0.4 is 10.1 Å². The number of amides is 1. The van der Waals surface area contributed by atoms with Crippen molar-refractivity contribution in [3.05, 3.63) is 42.5 Å². The van der Waals surface area contributed by atoms with Crippen LogP contribution in [0.3, 0.4) is 0 Å². The molecule has 5 rings (SSSR count). The lowest BCUT2D eigenvalue weighted by molar-refractivity contribution is -0.129. The van der Waals surface area contributed by atoms with E-state index in [1.165, 1.54) is 12.1 Å². The van der Waals surface area contributed by atoms with Crippen molar-refractivity contribution in [2.24, 2.45) is 0 Å². The summed E-state index contributed by atoms with van der Waals surface area (Å²) < 4.78 is 21.7. The standard InChI is InChI=1S/C19H18FN5O2/c20-13-7-12-8-14(9-13)21-4-6-24-15(1-2-18(24)26)11-27-17-3-5-25-19(23-17)16(12)10-22-25/h3,5,7-10,15,21H,1-2,4,6,11H2. The Bertz CT molecular complexity index is 1030. The summed E-state index contributed by atoms with van der Waals surface area (Å²) in [4.78, 5) is 18.6. The van der Waals surface area contributed by atoms with E-state index >= 15 is 0 Å². The molecule has 2 aliphatic rings. The average Bonchev–Trinajstić information content (AvgIpc) is 3.23. The van der Waals surface area contributed by atoms with Gasteiger partial charge in [0.05, 0.1) is 12.2 Å². The molecule has 2 aliphatic heterocycles. The van der Waals surface area contributed by atoms with E-state index in [0.29, 0.717) is 48.9 Å². The summed E-state index contributed by atoms with van der Waals surface area (Å²) in [5.74, 6) is 0.248. The van der Waals surface area contributed by atoms with Gasteiger partial charge in [0.2, 0.25) is 11.8 Å². The molecule has 1 N–H and O–H groups in total. The molecule has 138 valence electrons. The molecule has 1 fully saturated rings. The second kappa shape index (κ2) is 6.22. The third-order valence-electron chi connectivity index (χ3n) is 5.11. The molecular formula is C19H18FN5O2. The highest BCUT2D eigenvalue weighted by Gasteiger charge is 2.31. The van der Waals surface area contributed by atoms with Gasteiger partial charge in [-0.25, -0.2) is 8.91 Å². The Hall–Kier alpha value is -3.16. The number of hydrogen-bond acceptors (Lipinski definition) is 5. The van der Waals surface area contributed by atoms with Crippen LogP contribution in [0, 0.1) is 5.82 Å². The first-order valence-electron chi connectivity index (χ1n) is 8.99. The van der Waals surface area contributed by atoms with E-state index in [-0.39, 0.29) is 17.8 Å². The number of aromatic nitrogens is 3. The summed E-state index contributed by atoms with van der Waals surface area (Å²) in [6.45, 7) is 1.49. The molecule has 1 amide bonds. The van der Waals surface area contributed by atoms with Gasteiger partial charge >= 0.3 is 0 Å². The van der Waals surface area contributed by atoms with Crippen LogP contribution in [-0.2, 0) is 4.79 Å². The number of nitrogens with one attached hydrogen (secondary N) is 1. The van der Waals surface area contributed by atoms with Gasteiger partial charge in [-0.3, -0.25) is 4.79 Å². The van der Waals surface area contributed by atoms with Crippen LogP contribution >= 0.6 is 0 Å². The van der Waals surface area contributed by atoms with Gasteiger partial charge in [0.1, 0.15) is 12.4 Å². The number of carbonyl (C=O) groups excluding carboxylic acids is 1. The van der Waals surface area contributed by atoms with Gasteiger partial charge in [0.15, 0.2) is 5.65 Å². The Morgan fingerprint density at radius 1 is 1.30 bits per heavy atom. The van der Waals surface area contributed by atoms with E-state index in [0.717, 1.165) is 12.0 Å². The molecule has 3 aromatic rings. The number of hydrogen-bond donors (Lipinski definition) is 1. The lowest BCUT2D eigenvalue weighted by atomic mass is 10.1. The molecule has 2 aromatic heterocycles. The number of halogens is 1. The Balaban J connectivity index is 1.61. The smallest absolute Gasteiger partial charge is 0.223 e. The van der Waals surface area contributed by atoms with Gasteiger partial charge in [-0.15, -0.1) is 0 Å². The monoisotopic (exact) mass is 367 g/mol. The van der Waals surface area contributed by atoms with E-state index < -0.39 is 0 Å². The van der Waals surface area contributed by atoms with Crippen LogP contribution in [0.5, 0.6) is 5.88 Å². The topological polar surface area (TPSA) is 71.8 Å². The molecule has 7 nitrogen and oxygen atoms in total. The molecule has 4 heterocycles. The van der Waals surface area contributed by atoms with Crippen LogP contribution in [0.15, 0.2) is 36.7 Å². The van der Waals surface area contributed by atoms with Gasteiger partial charge in [0, 0.05) is 43.0 Å². The van der Waals surface area contributed by atoms with Crippen LogP contribution in [-0.4, -0.2) is 51.1 Å². The first-order valence-corrected chi connectivity index (χ1v) is 8.99. The van der Waals surface area contributed by atoms with E-state index in [1.807, 2.05) is 11.0 Å². The number of anilines is 1. The van der Waals surface area contributed by atoms with Crippen molar-refractivity contribution in [3.63, 3.8) is 0 Å². The molecule has 0 aliphatic carbocycles. The molecule has 8 heteroatoms. The fourth-order valence-electron chi connectivity index (χ4n) is 3.76. The first kappa shape index (κ1) is 16.0. The third-order valence-corrected chi connectivity index (χ3v) is 5.11. The number of carbonyl (C=O) groups is 1. The summed E-state index contributed by atoms with van der Waals surface area (Å²) in [5.41, 5.74) is 2.68. The number of rotatable bonds is 0. The van der Waals surface area contributed by atoms with Crippen molar-refractivity contribution in [1.29, 1.82) is 0 Å². The largest absolute Gasteiger partial charge is 0.475 e. The molecule has 1 atom stereocenters. The van der Waals surface area contributed by atoms with E-state index in [1.54, 1.807) is 23.0 Å². The maximum atomic E-state index is 14.2. The molecule has 1 unspecified atom stereocenters. The summed E-state index contributed by atoms with van der Waals surface area (Å²) in [6.07, 6.45) is 4.73. The number of ether oxygens (including phenoxy) is 1. The Kier molecular flexibility index (Phi) is 3.70. The van der Waals surface area contributed by atoms with E-state index in [4.69, 9.17) is 4.74 Å². The van der Waals surface area contributed by atoms with Crippen LogP contribution in [0.25, 0.3) is 16.8 Å². The molecule has 0 spiro atoms. The molecule has 0 saturated carbocycles. The fourth-order valence-corrected chi connectivity index (χ4v) is 3.76. The fraction of sp³-hybridized carbons (Fsp3) is 0.316. The minimum absolute atomic E-state index is 0.0210. The normalized spacial score (nSPS) is 19.5. The molecule has 27 heavy (non-hydrogen) atoms. The lowest BCUT2D eigenvalue weighted by Gasteiger charge is -2.25.